The van der Waals surface area contributed by atoms with Crippen molar-refractivity contribution in [3.05, 3.63) is 82.4 Å². The van der Waals surface area contributed by atoms with Crippen LogP contribution in [0.25, 0.3) is 0 Å². The standard InChI is InChI=1S/C24H20ClN3O5S/c25-19-12-15(13-20-22(19)33-11-3-10-32-20)14-26-24(29)16-6-8-17(9-7-16)27-23-18-4-1-2-5-21(18)34(30,31)28-23/h1-2,4-9,12-13H,3,10-11,14H2,(H,26,29)(H,27,28). The number of fused-ring (bicyclic) bond motifs is 2. The molecule has 2 heterocycles. The van der Waals surface area contributed by atoms with Gasteiger partial charge in [0.15, 0.2) is 17.3 Å². The molecule has 10 heteroatoms. The number of sulfonamides is 1. The minimum absolute atomic E-state index is 0.170. The van der Waals surface area contributed by atoms with Crippen LogP contribution in [0.4, 0.5) is 5.69 Å². The van der Waals surface area contributed by atoms with E-state index < -0.39 is 10.0 Å². The lowest BCUT2D eigenvalue weighted by Crippen LogP contribution is -2.22. The fourth-order valence-electron chi connectivity index (χ4n) is 3.71. The average molecular weight is 498 g/mol. The molecule has 2 aliphatic heterocycles. The van der Waals surface area contributed by atoms with Crippen LogP contribution in [0.15, 0.2) is 70.0 Å². The fourth-order valence-corrected chi connectivity index (χ4v) is 5.17. The lowest BCUT2D eigenvalue weighted by molar-refractivity contribution is 0.0951. The van der Waals surface area contributed by atoms with Crippen LogP contribution in [0.5, 0.6) is 11.5 Å². The Labute approximate surface area is 201 Å². The monoisotopic (exact) mass is 497 g/mol. The zero-order chi connectivity index (χ0) is 23.7. The summed E-state index contributed by atoms with van der Waals surface area (Å²) in [5, 5.41) is 6.32. The number of hydrogen-bond donors (Lipinski definition) is 2. The molecule has 3 aromatic carbocycles. The van der Waals surface area contributed by atoms with Gasteiger partial charge in [0.05, 0.1) is 18.2 Å². The summed E-state index contributed by atoms with van der Waals surface area (Å²) >= 11 is 6.32. The highest BCUT2D eigenvalue weighted by molar-refractivity contribution is 7.90. The number of carbonyl (C=O) groups excluding carboxylic acids is 1. The van der Waals surface area contributed by atoms with Gasteiger partial charge in [-0.1, -0.05) is 23.7 Å². The predicted octanol–water partition coefficient (Wildman–Crippen LogP) is 3.99. The number of nitrogens with one attached hydrogen (secondary N) is 2. The highest BCUT2D eigenvalue weighted by Crippen LogP contribution is 2.38. The number of benzene rings is 3. The Balaban J connectivity index is 1.25. The molecule has 34 heavy (non-hydrogen) atoms. The molecule has 0 spiro atoms. The van der Waals surface area contributed by atoms with Gasteiger partial charge in [-0.05, 0) is 54.1 Å². The Hall–Kier alpha value is -3.56. The van der Waals surface area contributed by atoms with Crippen LogP contribution < -0.4 is 20.1 Å². The number of ether oxygens (including phenoxy) is 2. The topological polar surface area (TPSA) is 106 Å². The van der Waals surface area contributed by atoms with Crippen molar-refractivity contribution in [1.29, 1.82) is 0 Å². The number of anilines is 1. The van der Waals surface area contributed by atoms with E-state index in [9.17, 15) is 13.2 Å². The zero-order valence-electron chi connectivity index (χ0n) is 17.9. The van der Waals surface area contributed by atoms with E-state index in [-0.39, 0.29) is 23.2 Å². The first-order valence-corrected chi connectivity index (χ1v) is 12.4. The van der Waals surface area contributed by atoms with E-state index in [0.29, 0.717) is 46.5 Å². The molecule has 0 unspecified atom stereocenters. The molecule has 3 aromatic rings. The summed E-state index contributed by atoms with van der Waals surface area (Å²) in [6.45, 7) is 1.35. The van der Waals surface area contributed by atoms with Crippen molar-refractivity contribution >= 4 is 39.1 Å². The van der Waals surface area contributed by atoms with E-state index in [4.69, 9.17) is 21.1 Å². The van der Waals surface area contributed by atoms with Gasteiger partial charge in [0.1, 0.15) is 4.90 Å². The Morgan fingerprint density at radius 3 is 2.62 bits per heavy atom. The first-order valence-electron chi connectivity index (χ1n) is 10.6. The van der Waals surface area contributed by atoms with E-state index in [1.807, 2.05) is 6.07 Å². The number of amidine groups is 1. The van der Waals surface area contributed by atoms with E-state index in [0.717, 1.165) is 12.0 Å². The lowest BCUT2D eigenvalue weighted by Gasteiger charge is -2.12. The number of rotatable bonds is 4. The molecular formula is C24H20ClN3O5S. The molecule has 0 bridgehead atoms. The second-order valence-corrected chi connectivity index (χ2v) is 9.73. The van der Waals surface area contributed by atoms with Gasteiger partial charge in [0.2, 0.25) is 0 Å². The molecule has 0 radical (unpaired) electrons. The van der Waals surface area contributed by atoms with Gasteiger partial charge in [-0.15, -0.1) is 4.40 Å². The van der Waals surface area contributed by atoms with E-state index in [1.54, 1.807) is 48.5 Å². The summed E-state index contributed by atoms with van der Waals surface area (Å²) in [4.78, 5) is 12.8. The lowest BCUT2D eigenvalue weighted by atomic mass is 10.1. The minimum atomic E-state index is -3.71. The highest BCUT2D eigenvalue weighted by atomic mass is 35.5. The van der Waals surface area contributed by atoms with Crippen LogP contribution in [-0.2, 0) is 16.6 Å². The highest BCUT2D eigenvalue weighted by Gasteiger charge is 2.28. The quantitative estimate of drug-likeness (QED) is 0.564. The van der Waals surface area contributed by atoms with Gasteiger partial charge < -0.3 is 20.1 Å². The van der Waals surface area contributed by atoms with Crippen molar-refractivity contribution in [3.63, 3.8) is 0 Å². The van der Waals surface area contributed by atoms with Crippen LogP contribution in [0, 0.1) is 0 Å². The molecule has 0 saturated heterocycles. The van der Waals surface area contributed by atoms with Crippen molar-refractivity contribution in [2.75, 3.05) is 18.5 Å². The van der Waals surface area contributed by atoms with E-state index in [2.05, 4.69) is 15.0 Å². The minimum Gasteiger partial charge on any atom is -0.489 e. The van der Waals surface area contributed by atoms with Gasteiger partial charge in [-0.25, -0.2) is 0 Å². The number of hydrogen-bond acceptors (Lipinski definition) is 6. The average Bonchev–Trinajstić information content (AvgIpc) is 2.97. The Kier molecular flexibility index (Phi) is 5.89. The van der Waals surface area contributed by atoms with Gasteiger partial charge in [0.25, 0.3) is 15.9 Å². The second-order valence-electron chi connectivity index (χ2n) is 7.75. The molecule has 2 N–H and O–H groups in total. The summed E-state index contributed by atoms with van der Waals surface area (Å²) in [6.07, 6.45) is 0.775. The Morgan fingerprint density at radius 1 is 1.03 bits per heavy atom. The summed E-state index contributed by atoms with van der Waals surface area (Å²) in [6, 6.07) is 16.9. The number of amides is 1. The Morgan fingerprint density at radius 2 is 1.79 bits per heavy atom. The van der Waals surface area contributed by atoms with Crippen LogP contribution in [0.1, 0.15) is 27.9 Å². The van der Waals surface area contributed by atoms with Gasteiger partial charge in [-0.3, -0.25) is 4.79 Å². The van der Waals surface area contributed by atoms with E-state index in [1.165, 1.54) is 6.07 Å². The largest absolute Gasteiger partial charge is 0.489 e. The summed E-state index contributed by atoms with van der Waals surface area (Å²) in [7, 11) is -3.71. The van der Waals surface area contributed by atoms with Crippen molar-refractivity contribution < 1.29 is 22.7 Å². The smallest absolute Gasteiger partial charge is 0.285 e. The summed E-state index contributed by atoms with van der Waals surface area (Å²) in [5.41, 5.74) is 2.36. The normalized spacial score (nSPS) is 15.6. The van der Waals surface area contributed by atoms with Crippen molar-refractivity contribution in [2.24, 2.45) is 4.40 Å². The summed E-state index contributed by atoms with van der Waals surface area (Å²) < 4.78 is 39.5. The number of halogens is 1. The molecular weight excluding hydrogens is 478 g/mol. The third kappa shape index (κ3) is 4.44. The third-order valence-corrected chi connectivity index (χ3v) is 6.97. The van der Waals surface area contributed by atoms with Gasteiger partial charge in [-0.2, -0.15) is 8.42 Å². The first kappa shape index (κ1) is 22.2. The molecule has 174 valence electrons. The fraction of sp³-hybridized carbons (Fsp3) is 0.167. The van der Waals surface area contributed by atoms with Crippen LogP contribution >= 0.6 is 11.6 Å². The molecule has 0 saturated carbocycles. The van der Waals surface area contributed by atoms with Crippen molar-refractivity contribution in [2.45, 2.75) is 17.9 Å². The predicted molar refractivity (Wildman–Crippen MR) is 128 cm³/mol. The molecule has 8 nitrogen and oxygen atoms in total. The third-order valence-electron chi connectivity index (χ3n) is 5.36. The SMILES string of the molecule is O=C(NCc1cc(Cl)c2c(c1)OCCCO2)c1ccc(NC2=NS(=O)(=O)c3ccccc32)cc1. The second kappa shape index (κ2) is 9.00. The zero-order valence-corrected chi connectivity index (χ0v) is 19.4. The Bertz CT molecular complexity index is 1400. The molecule has 1 amide bonds. The maximum Gasteiger partial charge on any atom is 0.285 e. The number of carbonyl (C=O) groups is 1. The molecule has 0 aliphatic carbocycles. The van der Waals surface area contributed by atoms with Crippen LogP contribution in [0.2, 0.25) is 5.02 Å². The molecule has 5 rings (SSSR count). The van der Waals surface area contributed by atoms with Gasteiger partial charge >= 0.3 is 0 Å². The molecule has 0 fully saturated rings. The van der Waals surface area contributed by atoms with E-state index >= 15 is 0 Å². The maximum absolute atomic E-state index is 12.6. The number of nitrogens with zero attached hydrogens (tertiary/aromatic N) is 1. The first-order chi connectivity index (χ1) is 16.4. The van der Waals surface area contributed by atoms with Crippen molar-refractivity contribution in [1.82, 2.24) is 5.32 Å². The van der Waals surface area contributed by atoms with Crippen LogP contribution in [0.3, 0.4) is 0 Å². The van der Waals surface area contributed by atoms with Gasteiger partial charge in [0, 0.05) is 29.8 Å². The molecule has 2 aliphatic rings. The molecule has 0 atom stereocenters. The maximum atomic E-state index is 12.6. The summed E-state index contributed by atoms with van der Waals surface area (Å²) in [5.74, 6) is 1.09. The van der Waals surface area contributed by atoms with Crippen LogP contribution in [-0.4, -0.2) is 33.4 Å². The van der Waals surface area contributed by atoms with Crippen molar-refractivity contribution in [3.8, 4) is 11.5 Å². The molecule has 0 aromatic heterocycles.